The summed E-state index contributed by atoms with van der Waals surface area (Å²) < 4.78 is 1.16. The molecule has 30 heavy (non-hydrogen) atoms. The first-order valence-corrected chi connectivity index (χ1v) is 10.3. The van der Waals surface area contributed by atoms with Crippen molar-refractivity contribution in [3.05, 3.63) is 61.2 Å². The van der Waals surface area contributed by atoms with Crippen LogP contribution in [0.4, 0.5) is 0 Å². The zero-order valence-corrected chi connectivity index (χ0v) is 16.3. The number of hydrogen-bond donors (Lipinski definition) is 3. The first-order valence-electron chi connectivity index (χ1n) is 9.47. The summed E-state index contributed by atoms with van der Waals surface area (Å²) >= 11 is 1.70. The Morgan fingerprint density at radius 1 is 0.833 bits per heavy atom. The Morgan fingerprint density at radius 3 is 2.80 bits per heavy atom. The fourth-order valence-electron chi connectivity index (χ4n) is 3.98. The van der Waals surface area contributed by atoms with E-state index in [1.807, 2.05) is 30.9 Å². The number of hydrogen-bond acceptors (Lipinski definition) is 5. The fraction of sp³-hybridized carbons (Fsp3) is 0. The number of nitrogens with one attached hydrogen (secondary N) is 3. The highest BCUT2D eigenvalue weighted by Crippen LogP contribution is 2.32. The van der Waals surface area contributed by atoms with Gasteiger partial charge in [0.25, 0.3) is 0 Å². The van der Waals surface area contributed by atoms with Gasteiger partial charge in [0.2, 0.25) is 0 Å². The lowest BCUT2D eigenvalue weighted by Gasteiger charge is -1.98. The van der Waals surface area contributed by atoms with Crippen molar-refractivity contribution in [1.29, 1.82) is 0 Å². The molecule has 0 fully saturated rings. The molecular weight excluding hydrogens is 394 g/mol. The van der Waals surface area contributed by atoms with Crippen molar-refractivity contribution in [2.75, 3.05) is 0 Å². The quantitative estimate of drug-likeness (QED) is 0.317. The zero-order chi connectivity index (χ0) is 19.7. The number of pyridine rings is 3. The third-order valence-electron chi connectivity index (χ3n) is 5.41. The molecule has 0 unspecified atom stereocenters. The number of thiophene rings is 1. The van der Waals surface area contributed by atoms with Crippen molar-refractivity contribution < 1.29 is 0 Å². The van der Waals surface area contributed by atoms with Gasteiger partial charge in [0.1, 0.15) is 0 Å². The number of H-pyrrole nitrogens is 3. The average Bonchev–Trinajstić information content (AvgIpc) is 3.50. The zero-order valence-electron chi connectivity index (χ0n) is 15.5. The van der Waals surface area contributed by atoms with Crippen LogP contribution in [0.25, 0.3) is 64.7 Å². The van der Waals surface area contributed by atoms with Gasteiger partial charge in [0.15, 0.2) is 11.3 Å². The second-order valence-electron chi connectivity index (χ2n) is 7.23. The van der Waals surface area contributed by atoms with Gasteiger partial charge in [-0.2, -0.15) is 0 Å². The average molecular weight is 407 g/mol. The van der Waals surface area contributed by atoms with Gasteiger partial charge in [-0.15, -0.1) is 11.3 Å². The predicted molar refractivity (Wildman–Crippen MR) is 120 cm³/mol. The molecule has 0 atom stereocenters. The molecule has 0 amide bonds. The van der Waals surface area contributed by atoms with Crippen molar-refractivity contribution in [3.8, 4) is 11.3 Å². The third-order valence-corrected chi connectivity index (χ3v) is 6.44. The Labute approximate surface area is 172 Å². The molecule has 0 spiro atoms. The van der Waals surface area contributed by atoms with E-state index in [4.69, 9.17) is 4.98 Å². The van der Waals surface area contributed by atoms with Crippen LogP contribution in [-0.4, -0.2) is 35.1 Å². The second kappa shape index (κ2) is 5.74. The van der Waals surface area contributed by atoms with Gasteiger partial charge < -0.3 is 4.98 Å². The van der Waals surface area contributed by atoms with Crippen molar-refractivity contribution in [2.24, 2.45) is 0 Å². The van der Waals surface area contributed by atoms with Crippen molar-refractivity contribution in [1.82, 2.24) is 35.1 Å². The molecule has 2 aliphatic heterocycles. The minimum atomic E-state index is 0.735. The molecule has 0 radical (unpaired) electrons. The highest BCUT2D eigenvalue weighted by Gasteiger charge is 2.14. The number of rotatable bonds is 0. The SMILES string of the molecule is c1cc2c3ccc([nH]c4cncc(c4)c4cnc5[nH][nH]c(c6cc2c(n1)n6)-c5c4)s3. The van der Waals surface area contributed by atoms with Crippen LogP contribution < -0.4 is 0 Å². The van der Waals surface area contributed by atoms with Crippen molar-refractivity contribution >= 4 is 64.7 Å². The van der Waals surface area contributed by atoms with Crippen LogP contribution in [0.2, 0.25) is 0 Å². The maximum absolute atomic E-state index is 4.80. The van der Waals surface area contributed by atoms with Gasteiger partial charge in [-0.05, 0) is 36.4 Å². The van der Waals surface area contributed by atoms with Gasteiger partial charge >= 0.3 is 0 Å². The summed E-state index contributed by atoms with van der Waals surface area (Å²) in [5.41, 5.74) is 5.16. The van der Waals surface area contributed by atoms with E-state index in [2.05, 4.69) is 60.5 Å². The van der Waals surface area contributed by atoms with E-state index < -0.39 is 0 Å². The minimum absolute atomic E-state index is 0.735. The molecule has 0 aromatic carbocycles. The Bertz CT molecular complexity index is 1770. The summed E-state index contributed by atoms with van der Waals surface area (Å²) in [4.78, 5) is 22.9. The third kappa shape index (κ3) is 2.25. The van der Waals surface area contributed by atoms with Crippen LogP contribution in [0.3, 0.4) is 0 Å². The monoisotopic (exact) mass is 407 g/mol. The van der Waals surface area contributed by atoms with E-state index in [9.17, 15) is 0 Å². The lowest BCUT2D eigenvalue weighted by Crippen LogP contribution is -1.82. The lowest BCUT2D eigenvalue weighted by molar-refractivity contribution is 1.11. The molecule has 5 aromatic heterocycles. The van der Waals surface area contributed by atoms with Crippen LogP contribution in [0.15, 0.2) is 61.2 Å². The van der Waals surface area contributed by atoms with E-state index in [-0.39, 0.29) is 0 Å². The highest BCUT2D eigenvalue weighted by molar-refractivity contribution is 7.23. The Kier molecular flexibility index (Phi) is 3.03. The van der Waals surface area contributed by atoms with Gasteiger partial charge in [-0.3, -0.25) is 15.2 Å². The topological polar surface area (TPSA) is 98.9 Å². The molecule has 8 bridgehead atoms. The maximum atomic E-state index is 4.80. The van der Waals surface area contributed by atoms with Gasteiger partial charge in [0, 0.05) is 50.4 Å². The Balaban J connectivity index is 1.75. The highest BCUT2D eigenvalue weighted by atomic mass is 32.1. The molecule has 3 N–H and O–H groups in total. The molecular formula is C22H13N7S. The molecule has 0 aliphatic carbocycles. The van der Waals surface area contributed by atoms with E-state index in [0.717, 1.165) is 64.7 Å². The largest absolute Gasteiger partial charge is 0.346 e. The summed E-state index contributed by atoms with van der Waals surface area (Å²) in [7, 11) is 0. The molecule has 8 heteroatoms. The normalized spacial score (nSPS) is 12.0. The van der Waals surface area contributed by atoms with Crippen LogP contribution >= 0.6 is 11.3 Å². The Hall–Kier alpha value is -4.04. The summed E-state index contributed by atoms with van der Waals surface area (Å²) in [6.45, 7) is 0. The number of aromatic nitrogens is 7. The number of fused-ring (bicyclic) bond motifs is 9. The van der Waals surface area contributed by atoms with Crippen LogP contribution in [0, 0.1) is 0 Å². The molecule has 2 aliphatic rings. The fourth-order valence-corrected chi connectivity index (χ4v) is 4.95. The second-order valence-corrected chi connectivity index (χ2v) is 8.32. The van der Waals surface area contributed by atoms with Crippen molar-refractivity contribution in [2.45, 2.75) is 0 Å². The van der Waals surface area contributed by atoms with Gasteiger partial charge in [0.05, 0.1) is 27.8 Å². The molecule has 0 saturated heterocycles. The first kappa shape index (κ1) is 15.8. The minimum Gasteiger partial charge on any atom is -0.346 e. The maximum Gasteiger partial charge on any atom is 0.160 e. The van der Waals surface area contributed by atoms with Gasteiger partial charge in [-0.1, -0.05) is 0 Å². The van der Waals surface area contributed by atoms with E-state index in [0.29, 0.717) is 0 Å². The van der Waals surface area contributed by atoms with Gasteiger partial charge in [-0.25, -0.2) is 15.0 Å². The number of aromatic amines is 3. The lowest BCUT2D eigenvalue weighted by atomic mass is 10.1. The molecule has 7 nitrogen and oxygen atoms in total. The molecule has 7 rings (SSSR count). The Morgan fingerprint density at radius 2 is 1.80 bits per heavy atom. The molecule has 142 valence electrons. The molecule has 5 aromatic rings. The summed E-state index contributed by atoms with van der Waals surface area (Å²) in [6, 6.07) is 12.6. The van der Waals surface area contributed by atoms with E-state index in [1.54, 1.807) is 11.3 Å². The van der Waals surface area contributed by atoms with E-state index >= 15 is 0 Å². The predicted octanol–water partition coefficient (Wildman–Crippen LogP) is 5.31. The van der Waals surface area contributed by atoms with Crippen LogP contribution in [-0.2, 0) is 0 Å². The summed E-state index contributed by atoms with van der Waals surface area (Å²) in [5, 5.41) is 10.5. The van der Waals surface area contributed by atoms with Crippen LogP contribution in [0.1, 0.15) is 0 Å². The summed E-state index contributed by atoms with van der Waals surface area (Å²) in [5.74, 6) is 0. The molecule has 7 heterocycles. The standard InChI is InChI=1S/C22H13N7S/c1-2-19-26-13-5-11(8-23-10-13)12-6-16-20(28-29-22(16)25-9-12)17-7-15-14(18(1)30-19)3-4-24-21(15)27-17/h1-10,26,28H,(H,25,29). The van der Waals surface area contributed by atoms with Crippen LogP contribution in [0.5, 0.6) is 0 Å². The summed E-state index contributed by atoms with van der Waals surface area (Å²) in [6.07, 6.45) is 7.36. The smallest absolute Gasteiger partial charge is 0.160 e. The number of nitrogens with zero attached hydrogens (tertiary/aromatic N) is 4. The first-order chi connectivity index (χ1) is 14.8. The van der Waals surface area contributed by atoms with E-state index in [1.165, 1.54) is 0 Å². The van der Waals surface area contributed by atoms with Crippen molar-refractivity contribution in [3.63, 3.8) is 0 Å². The molecule has 0 saturated carbocycles.